The predicted molar refractivity (Wildman–Crippen MR) is 57.0 cm³/mol. The molecule has 0 aromatic carbocycles. The van der Waals surface area contributed by atoms with Crippen LogP contribution in [-0.4, -0.2) is 46.8 Å². The van der Waals surface area contributed by atoms with E-state index in [4.69, 9.17) is 5.11 Å². The van der Waals surface area contributed by atoms with E-state index >= 15 is 0 Å². The molecule has 1 atom stereocenters. The fraction of sp³-hybridized carbons (Fsp3) is 0.900. The topological polar surface area (TPSA) is 60.8 Å². The Hall–Kier alpha value is -0.610. The lowest BCUT2D eigenvalue weighted by Crippen LogP contribution is -2.35. The van der Waals surface area contributed by atoms with Crippen molar-refractivity contribution in [2.45, 2.75) is 39.7 Å². The lowest BCUT2D eigenvalue weighted by Gasteiger charge is -2.23. The SMILES string of the molecule is CC.CC(=O)N(C)CCC(C)(O)CO. The van der Waals surface area contributed by atoms with E-state index in [-0.39, 0.29) is 12.5 Å². The van der Waals surface area contributed by atoms with Crippen LogP contribution in [0.1, 0.15) is 34.1 Å². The minimum Gasteiger partial charge on any atom is -0.393 e. The number of nitrogens with zero attached hydrogens (tertiary/aromatic N) is 1. The van der Waals surface area contributed by atoms with E-state index in [9.17, 15) is 9.90 Å². The second-order valence-electron chi connectivity index (χ2n) is 3.35. The first-order chi connectivity index (χ1) is 6.39. The predicted octanol–water partition coefficient (Wildman–Crippen LogP) is 0.624. The Bertz CT molecular complexity index is 157. The van der Waals surface area contributed by atoms with E-state index in [0.29, 0.717) is 13.0 Å². The molecule has 0 heterocycles. The molecule has 0 saturated heterocycles. The molecular weight excluding hydrogens is 182 g/mol. The van der Waals surface area contributed by atoms with Gasteiger partial charge in [-0.25, -0.2) is 0 Å². The van der Waals surface area contributed by atoms with Gasteiger partial charge in [0.1, 0.15) is 0 Å². The molecule has 86 valence electrons. The third kappa shape index (κ3) is 8.01. The van der Waals surface area contributed by atoms with Gasteiger partial charge >= 0.3 is 0 Å². The third-order valence-corrected chi connectivity index (χ3v) is 1.86. The van der Waals surface area contributed by atoms with Crippen LogP contribution in [0.3, 0.4) is 0 Å². The Morgan fingerprint density at radius 3 is 2.14 bits per heavy atom. The van der Waals surface area contributed by atoms with Crippen LogP contribution in [0.2, 0.25) is 0 Å². The van der Waals surface area contributed by atoms with Gasteiger partial charge in [-0.1, -0.05) is 13.8 Å². The van der Waals surface area contributed by atoms with Crippen LogP contribution in [-0.2, 0) is 4.79 Å². The lowest BCUT2D eigenvalue weighted by atomic mass is 10.0. The second kappa shape index (κ2) is 7.76. The second-order valence-corrected chi connectivity index (χ2v) is 3.35. The van der Waals surface area contributed by atoms with E-state index in [0.717, 1.165) is 0 Å². The molecule has 1 amide bonds. The Morgan fingerprint density at radius 2 is 1.86 bits per heavy atom. The van der Waals surface area contributed by atoms with Crippen LogP contribution in [0, 0.1) is 0 Å². The Kier molecular flexibility index (Phi) is 8.79. The molecule has 1 unspecified atom stereocenters. The molecule has 0 radical (unpaired) electrons. The van der Waals surface area contributed by atoms with Crippen molar-refractivity contribution in [3.05, 3.63) is 0 Å². The highest BCUT2D eigenvalue weighted by molar-refractivity contribution is 5.72. The normalized spacial score (nSPS) is 13.6. The van der Waals surface area contributed by atoms with Gasteiger partial charge in [0.15, 0.2) is 0 Å². The first-order valence-electron chi connectivity index (χ1n) is 4.94. The molecule has 0 aliphatic carbocycles. The average Bonchev–Trinajstić information content (AvgIpc) is 2.17. The van der Waals surface area contributed by atoms with Gasteiger partial charge in [0, 0.05) is 20.5 Å². The summed E-state index contributed by atoms with van der Waals surface area (Å²) >= 11 is 0. The van der Waals surface area contributed by atoms with Gasteiger partial charge in [0.25, 0.3) is 0 Å². The molecule has 0 aliphatic rings. The fourth-order valence-corrected chi connectivity index (χ4v) is 0.645. The minimum absolute atomic E-state index is 0.0382. The van der Waals surface area contributed by atoms with Gasteiger partial charge in [-0.2, -0.15) is 0 Å². The summed E-state index contributed by atoms with van der Waals surface area (Å²) in [6.45, 7) is 7.19. The molecule has 4 nitrogen and oxygen atoms in total. The highest BCUT2D eigenvalue weighted by atomic mass is 16.3. The molecule has 0 fully saturated rings. The maximum absolute atomic E-state index is 10.7. The molecule has 0 saturated carbocycles. The van der Waals surface area contributed by atoms with E-state index in [1.165, 1.54) is 11.8 Å². The van der Waals surface area contributed by atoms with Crippen molar-refractivity contribution in [1.82, 2.24) is 4.90 Å². The standard InChI is InChI=1S/C8H17NO3.C2H6/c1-7(11)9(3)5-4-8(2,12)6-10;1-2/h10,12H,4-6H2,1-3H3;1-2H3. The first-order valence-corrected chi connectivity index (χ1v) is 4.94. The van der Waals surface area contributed by atoms with Crippen molar-refractivity contribution in [1.29, 1.82) is 0 Å². The average molecular weight is 205 g/mol. The van der Waals surface area contributed by atoms with Crippen LogP contribution in [0.5, 0.6) is 0 Å². The number of hydrogen-bond acceptors (Lipinski definition) is 3. The van der Waals surface area contributed by atoms with Crippen molar-refractivity contribution in [2.75, 3.05) is 20.2 Å². The smallest absolute Gasteiger partial charge is 0.219 e. The van der Waals surface area contributed by atoms with Crippen LogP contribution in [0.15, 0.2) is 0 Å². The quantitative estimate of drug-likeness (QED) is 0.707. The van der Waals surface area contributed by atoms with Crippen LogP contribution in [0.25, 0.3) is 0 Å². The molecule has 4 heteroatoms. The number of rotatable bonds is 4. The first kappa shape index (κ1) is 15.8. The largest absolute Gasteiger partial charge is 0.393 e. The number of carbonyl (C=O) groups is 1. The van der Waals surface area contributed by atoms with Crippen LogP contribution >= 0.6 is 0 Å². The fourth-order valence-electron chi connectivity index (χ4n) is 0.645. The summed E-state index contributed by atoms with van der Waals surface area (Å²) < 4.78 is 0. The van der Waals surface area contributed by atoms with E-state index in [2.05, 4.69) is 0 Å². The highest BCUT2D eigenvalue weighted by Gasteiger charge is 2.19. The zero-order valence-corrected chi connectivity index (χ0v) is 9.87. The molecule has 14 heavy (non-hydrogen) atoms. The van der Waals surface area contributed by atoms with Gasteiger partial charge < -0.3 is 15.1 Å². The Balaban J connectivity index is 0. The Morgan fingerprint density at radius 1 is 1.43 bits per heavy atom. The van der Waals surface area contributed by atoms with Crippen LogP contribution < -0.4 is 0 Å². The van der Waals surface area contributed by atoms with Gasteiger partial charge in [0.2, 0.25) is 5.91 Å². The highest BCUT2D eigenvalue weighted by Crippen LogP contribution is 2.07. The van der Waals surface area contributed by atoms with Gasteiger partial charge in [-0.05, 0) is 13.3 Å². The number of aliphatic hydroxyl groups excluding tert-OH is 1. The molecule has 0 aromatic heterocycles. The van der Waals surface area contributed by atoms with E-state index in [1.54, 1.807) is 14.0 Å². The zero-order valence-electron chi connectivity index (χ0n) is 9.87. The summed E-state index contributed by atoms with van der Waals surface area (Å²) in [5.41, 5.74) is -1.08. The number of aliphatic hydroxyl groups is 2. The molecule has 2 N–H and O–H groups in total. The third-order valence-electron chi connectivity index (χ3n) is 1.86. The van der Waals surface area contributed by atoms with Crippen molar-refractivity contribution < 1.29 is 15.0 Å². The van der Waals surface area contributed by atoms with Gasteiger partial charge in [-0.15, -0.1) is 0 Å². The monoisotopic (exact) mass is 205 g/mol. The van der Waals surface area contributed by atoms with Gasteiger partial charge in [0.05, 0.1) is 12.2 Å². The van der Waals surface area contributed by atoms with Gasteiger partial charge in [-0.3, -0.25) is 4.79 Å². The summed E-state index contributed by atoms with van der Waals surface area (Å²) in [5, 5.41) is 18.1. The van der Waals surface area contributed by atoms with E-state index in [1.807, 2.05) is 13.8 Å². The summed E-state index contributed by atoms with van der Waals surface area (Å²) in [5.74, 6) is -0.0382. The summed E-state index contributed by atoms with van der Waals surface area (Å²) in [6, 6.07) is 0. The number of hydrogen-bond donors (Lipinski definition) is 2. The molecule has 0 rings (SSSR count). The molecular formula is C10H23NO3. The van der Waals surface area contributed by atoms with Crippen molar-refractivity contribution in [3.63, 3.8) is 0 Å². The van der Waals surface area contributed by atoms with Crippen LogP contribution in [0.4, 0.5) is 0 Å². The Labute approximate surface area is 86.5 Å². The molecule has 0 aromatic rings. The minimum atomic E-state index is -1.08. The number of carbonyl (C=O) groups excluding carboxylic acids is 1. The molecule has 0 spiro atoms. The summed E-state index contributed by atoms with van der Waals surface area (Å²) in [7, 11) is 1.66. The summed E-state index contributed by atoms with van der Waals surface area (Å²) in [6.07, 6.45) is 0.388. The molecule has 0 aliphatic heterocycles. The number of amides is 1. The van der Waals surface area contributed by atoms with Crippen molar-refractivity contribution in [3.8, 4) is 0 Å². The van der Waals surface area contributed by atoms with Crippen molar-refractivity contribution in [2.24, 2.45) is 0 Å². The summed E-state index contributed by atoms with van der Waals surface area (Å²) in [4.78, 5) is 12.2. The maximum atomic E-state index is 10.7. The molecule has 0 bridgehead atoms. The lowest BCUT2D eigenvalue weighted by molar-refractivity contribution is -0.128. The van der Waals surface area contributed by atoms with E-state index < -0.39 is 5.60 Å². The van der Waals surface area contributed by atoms with Crippen molar-refractivity contribution >= 4 is 5.91 Å². The zero-order chi connectivity index (χ0) is 11.8. The maximum Gasteiger partial charge on any atom is 0.219 e.